The SMILES string of the molecule is CC(C)(C)c1ccccc1-c1cc2c3cc(-c4ccccc4)[se]c3c3cc(-c4ccccc4C(C)(C)C)c4ccc5ccc1c1c5c4c3c21. The van der Waals surface area contributed by atoms with Crippen molar-refractivity contribution in [2.24, 2.45) is 0 Å². The van der Waals surface area contributed by atoms with Gasteiger partial charge in [0.15, 0.2) is 0 Å². The fraction of sp³-hybridized carbons (Fsp3) is 0.167. The molecule has 0 saturated carbocycles. The molecule has 0 aliphatic carbocycles. The molecule has 49 heavy (non-hydrogen) atoms. The van der Waals surface area contributed by atoms with Crippen LogP contribution in [0.3, 0.4) is 0 Å². The zero-order valence-corrected chi connectivity index (χ0v) is 30.7. The van der Waals surface area contributed by atoms with Crippen molar-refractivity contribution in [3.63, 3.8) is 0 Å². The predicted octanol–water partition coefficient (Wildman–Crippen LogP) is 13.6. The Balaban J connectivity index is 1.46. The van der Waals surface area contributed by atoms with Crippen LogP contribution in [0.25, 0.3) is 95.8 Å². The van der Waals surface area contributed by atoms with Gasteiger partial charge in [0.25, 0.3) is 0 Å². The molecule has 0 saturated heterocycles. The van der Waals surface area contributed by atoms with Crippen LogP contribution in [0.4, 0.5) is 0 Å². The van der Waals surface area contributed by atoms with E-state index >= 15 is 0 Å². The molecule has 0 amide bonds. The summed E-state index contributed by atoms with van der Waals surface area (Å²) in [6, 6.07) is 46.6. The van der Waals surface area contributed by atoms with Crippen molar-refractivity contribution in [3.8, 4) is 32.3 Å². The van der Waals surface area contributed by atoms with Gasteiger partial charge in [0.05, 0.1) is 0 Å². The predicted molar refractivity (Wildman–Crippen MR) is 216 cm³/mol. The first-order valence-electron chi connectivity index (χ1n) is 17.5. The van der Waals surface area contributed by atoms with Gasteiger partial charge in [-0.25, -0.2) is 0 Å². The van der Waals surface area contributed by atoms with Crippen molar-refractivity contribution in [1.82, 2.24) is 0 Å². The Hall–Kier alpha value is -4.68. The minimum atomic E-state index is 0.0237. The van der Waals surface area contributed by atoms with Gasteiger partial charge in [-0.2, -0.15) is 0 Å². The minimum absolute atomic E-state index is 0.0237. The first kappa shape index (κ1) is 29.3. The monoisotopic (exact) mass is 694 g/mol. The summed E-state index contributed by atoms with van der Waals surface area (Å²) in [6.45, 7) is 14.1. The quantitative estimate of drug-likeness (QED) is 0.128. The second-order valence-electron chi connectivity index (χ2n) is 16.1. The Labute approximate surface area is 293 Å². The molecule has 0 spiro atoms. The van der Waals surface area contributed by atoms with Crippen molar-refractivity contribution in [2.75, 3.05) is 0 Å². The van der Waals surface area contributed by atoms with Crippen LogP contribution >= 0.6 is 0 Å². The van der Waals surface area contributed by atoms with Crippen LogP contribution in [0.1, 0.15) is 52.7 Å². The summed E-state index contributed by atoms with van der Waals surface area (Å²) in [4.78, 5) is 0. The zero-order chi connectivity index (χ0) is 33.4. The van der Waals surface area contributed by atoms with E-state index in [4.69, 9.17) is 0 Å². The summed E-state index contributed by atoms with van der Waals surface area (Å²) in [5, 5.41) is 15.6. The normalized spacial score (nSPS) is 13.1. The maximum absolute atomic E-state index is 2.58. The molecule has 0 atom stereocenters. The van der Waals surface area contributed by atoms with E-state index in [1.54, 1.807) is 0 Å². The molecule has 0 nitrogen and oxygen atoms in total. The molecule has 0 aliphatic rings. The third-order valence-electron chi connectivity index (χ3n) is 11.0. The van der Waals surface area contributed by atoms with E-state index in [1.807, 2.05) is 0 Å². The Morgan fingerprint density at radius 3 is 1.45 bits per heavy atom. The fourth-order valence-electron chi connectivity index (χ4n) is 8.88. The average Bonchev–Trinajstić information content (AvgIpc) is 3.71. The van der Waals surface area contributed by atoms with Crippen LogP contribution in [0.5, 0.6) is 0 Å². The summed E-state index contributed by atoms with van der Waals surface area (Å²) in [7, 11) is 0. The van der Waals surface area contributed by atoms with E-state index in [2.05, 4.69) is 163 Å². The van der Waals surface area contributed by atoms with Crippen LogP contribution in [0, 0.1) is 0 Å². The molecule has 9 aromatic carbocycles. The van der Waals surface area contributed by atoms with Gasteiger partial charge in [0, 0.05) is 0 Å². The Bertz CT molecular complexity index is 2700. The molecule has 1 aromatic heterocycles. The van der Waals surface area contributed by atoms with Gasteiger partial charge >= 0.3 is 295 Å². The molecule has 10 aromatic rings. The number of fused-ring (bicyclic) bond motifs is 3. The summed E-state index contributed by atoms with van der Waals surface area (Å²) < 4.78 is 3.00. The van der Waals surface area contributed by atoms with Crippen LogP contribution in [-0.2, 0) is 10.8 Å². The van der Waals surface area contributed by atoms with E-state index in [0.717, 1.165) is 0 Å². The third-order valence-corrected chi connectivity index (χ3v) is 13.6. The van der Waals surface area contributed by atoms with Crippen LogP contribution in [0.2, 0.25) is 0 Å². The zero-order valence-electron chi connectivity index (χ0n) is 29.0. The number of hydrogen-bond acceptors (Lipinski definition) is 0. The van der Waals surface area contributed by atoms with Gasteiger partial charge < -0.3 is 0 Å². The molecule has 0 radical (unpaired) electrons. The van der Waals surface area contributed by atoms with Crippen LogP contribution < -0.4 is 0 Å². The van der Waals surface area contributed by atoms with Gasteiger partial charge in [-0.3, -0.25) is 0 Å². The Morgan fingerprint density at radius 2 is 0.878 bits per heavy atom. The third kappa shape index (κ3) is 4.04. The molecule has 0 fully saturated rings. The first-order valence-corrected chi connectivity index (χ1v) is 19.2. The second kappa shape index (κ2) is 9.95. The Kier molecular flexibility index (Phi) is 5.94. The summed E-state index contributed by atoms with van der Waals surface area (Å²) in [5.41, 5.74) is 9.62. The molecular formula is C48H38Se. The van der Waals surface area contributed by atoms with Crippen LogP contribution in [0.15, 0.2) is 121 Å². The second-order valence-corrected chi connectivity index (χ2v) is 18.3. The molecule has 0 unspecified atom stereocenters. The molecule has 0 aliphatic heterocycles. The molecule has 236 valence electrons. The van der Waals surface area contributed by atoms with E-state index in [0.29, 0.717) is 0 Å². The van der Waals surface area contributed by atoms with Crippen molar-refractivity contribution >= 4 is 78.0 Å². The van der Waals surface area contributed by atoms with Gasteiger partial charge in [-0.1, -0.05) is 0 Å². The van der Waals surface area contributed by atoms with Crippen molar-refractivity contribution < 1.29 is 0 Å². The van der Waals surface area contributed by atoms with E-state index in [9.17, 15) is 0 Å². The summed E-state index contributed by atoms with van der Waals surface area (Å²) in [5.74, 6) is 0. The van der Waals surface area contributed by atoms with Gasteiger partial charge in [0.1, 0.15) is 0 Å². The number of hydrogen-bond donors (Lipinski definition) is 0. The van der Waals surface area contributed by atoms with Gasteiger partial charge in [-0.15, -0.1) is 0 Å². The number of benzene rings is 8. The van der Waals surface area contributed by atoms with Crippen LogP contribution in [-0.4, -0.2) is 14.5 Å². The summed E-state index contributed by atoms with van der Waals surface area (Å²) >= 11 is 0.181. The van der Waals surface area contributed by atoms with Crippen molar-refractivity contribution in [3.05, 3.63) is 132 Å². The standard InChI is InChI=1S/C48H38Se/c1-47(2,3)38-18-12-10-16-29(38)33-24-35-36-26-40(27-14-8-7-9-15-27)49-46(36)37-25-34(30-17-11-13-19-39(30)48(4,5)6)32-23-21-28-20-22-31(33)42-41(28)43(32)45(37)44(35)42/h7-26H,1-6H3. The maximum atomic E-state index is 2.58. The molecule has 0 bridgehead atoms. The van der Waals surface area contributed by atoms with E-state index in [1.165, 1.54) is 107 Å². The average molecular weight is 694 g/mol. The Morgan fingerprint density at radius 1 is 0.388 bits per heavy atom. The first-order chi connectivity index (χ1) is 23.6. The van der Waals surface area contributed by atoms with Crippen molar-refractivity contribution in [1.29, 1.82) is 0 Å². The van der Waals surface area contributed by atoms with Crippen molar-refractivity contribution in [2.45, 2.75) is 52.4 Å². The molecule has 0 N–H and O–H groups in total. The van der Waals surface area contributed by atoms with Gasteiger partial charge in [0.2, 0.25) is 0 Å². The van der Waals surface area contributed by atoms with E-state index in [-0.39, 0.29) is 25.3 Å². The fourth-order valence-corrected chi connectivity index (χ4v) is 11.4. The van der Waals surface area contributed by atoms with E-state index < -0.39 is 0 Å². The molecular weight excluding hydrogens is 655 g/mol. The van der Waals surface area contributed by atoms with Gasteiger partial charge in [-0.05, 0) is 0 Å². The summed E-state index contributed by atoms with van der Waals surface area (Å²) in [6.07, 6.45) is 0. The molecule has 1 heteroatoms. The molecule has 1 heterocycles. The molecule has 10 rings (SSSR count). The number of rotatable bonds is 3. The topological polar surface area (TPSA) is 0 Å².